The maximum absolute atomic E-state index is 4.22. The number of hydrogen-bond donors (Lipinski definition) is 0. The molecule has 0 spiro atoms. The van der Waals surface area contributed by atoms with Gasteiger partial charge in [0.05, 0.1) is 0 Å². The highest BCUT2D eigenvalue weighted by Gasteiger charge is 2.14. The summed E-state index contributed by atoms with van der Waals surface area (Å²) in [6, 6.07) is 0. The Kier molecular flexibility index (Phi) is 2.71. The average Bonchev–Trinajstić information content (AvgIpc) is 2.59. The van der Waals surface area contributed by atoms with Gasteiger partial charge in [-0.1, -0.05) is 32.1 Å². The molecule has 1 saturated carbocycles. The molecule has 1 heterocycles. The summed E-state index contributed by atoms with van der Waals surface area (Å²) in [5.41, 5.74) is 0. The van der Waals surface area contributed by atoms with Crippen LogP contribution in [0.15, 0.2) is 6.33 Å². The monoisotopic (exact) mass is 182 g/mol. The van der Waals surface area contributed by atoms with Crippen molar-refractivity contribution >= 4 is 11.5 Å². The van der Waals surface area contributed by atoms with E-state index >= 15 is 0 Å². The van der Waals surface area contributed by atoms with Gasteiger partial charge in [0.25, 0.3) is 0 Å². The lowest BCUT2D eigenvalue weighted by atomic mass is 9.87. The summed E-state index contributed by atoms with van der Waals surface area (Å²) in [6.07, 6.45) is 9.92. The second kappa shape index (κ2) is 3.99. The fraction of sp³-hybridized carbons (Fsp3) is 0.778. The van der Waals surface area contributed by atoms with Crippen LogP contribution < -0.4 is 0 Å². The van der Waals surface area contributed by atoms with Crippen molar-refractivity contribution < 1.29 is 0 Å². The summed E-state index contributed by atoms with van der Waals surface area (Å²) in [6.45, 7) is 0. The molecule has 0 N–H and O–H groups in total. The van der Waals surface area contributed by atoms with Gasteiger partial charge in [-0.3, -0.25) is 0 Å². The predicted octanol–water partition coefficient (Wildman–Crippen LogP) is 2.66. The van der Waals surface area contributed by atoms with E-state index in [9.17, 15) is 0 Å². The second-order valence-corrected chi connectivity index (χ2v) is 4.41. The molecule has 0 unspecified atom stereocenters. The molecule has 0 atom stereocenters. The van der Waals surface area contributed by atoms with Crippen LogP contribution in [0.5, 0.6) is 0 Å². The van der Waals surface area contributed by atoms with Crippen LogP contribution in [0, 0.1) is 5.92 Å². The van der Waals surface area contributed by atoms with E-state index in [1.54, 1.807) is 17.9 Å². The molecule has 1 aromatic heterocycles. The number of hydrogen-bond acceptors (Lipinski definition) is 3. The highest BCUT2D eigenvalue weighted by Crippen LogP contribution is 2.26. The lowest BCUT2D eigenvalue weighted by Gasteiger charge is -2.19. The van der Waals surface area contributed by atoms with Gasteiger partial charge in [0.1, 0.15) is 11.3 Å². The van der Waals surface area contributed by atoms with Crippen molar-refractivity contribution in [1.82, 2.24) is 9.36 Å². The fourth-order valence-electron chi connectivity index (χ4n) is 1.92. The summed E-state index contributed by atoms with van der Waals surface area (Å²) in [5, 5.41) is 1.22. The molecule has 0 amide bonds. The van der Waals surface area contributed by atoms with Gasteiger partial charge in [-0.2, -0.15) is 4.37 Å². The summed E-state index contributed by atoms with van der Waals surface area (Å²) in [4.78, 5) is 4.22. The third-order valence-corrected chi connectivity index (χ3v) is 3.28. The Balaban J connectivity index is 1.86. The van der Waals surface area contributed by atoms with E-state index in [-0.39, 0.29) is 0 Å². The molecule has 0 aromatic carbocycles. The van der Waals surface area contributed by atoms with Crippen LogP contribution in [0.2, 0.25) is 0 Å². The molecular formula is C9H14N2S. The van der Waals surface area contributed by atoms with Crippen LogP contribution in [0.25, 0.3) is 0 Å². The van der Waals surface area contributed by atoms with Crippen molar-refractivity contribution in [3.05, 3.63) is 11.3 Å². The molecular weight excluding hydrogens is 168 g/mol. The van der Waals surface area contributed by atoms with Crippen LogP contribution >= 0.6 is 11.5 Å². The zero-order valence-electron chi connectivity index (χ0n) is 7.20. The van der Waals surface area contributed by atoms with E-state index in [0.29, 0.717) is 0 Å². The van der Waals surface area contributed by atoms with E-state index in [0.717, 1.165) is 5.92 Å². The van der Waals surface area contributed by atoms with Gasteiger partial charge in [0.2, 0.25) is 0 Å². The van der Waals surface area contributed by atoms with Crippen molar-refractivity contribution in [2.75, 3.05) is 0 Å². The van der Waals surface area contributed by atoms with Crippen molar-refractivity contribution in [3.8, 4) is 0 Å². The van der Waals surface area contributed by atoms with E-state index in [1.807, 2.05) is 0 Å². The van der Waals surface area contributed by atoms with Gasteiger partial charge in [-0.05, 0) is 17.5 Å². The molecule has 0 saturated heterocycles. The summed E-state index contributed by atoms with van der Waals surface area (Å²) < 4.78 is 4.02. The summed E-state index contributed by atoms with van der Waals surface area (Å²) >= 11 is 1.56. The Morgan fingerprint density at radius 1 is 1.33 bits per heavy atom. The van der Waals surface area contributed by atoms with Crippen LogP contribution in [-0.4, -0.2) is 9.36 Å². The molecule has 0 aliphatic heterocycles. The van der Waals surface area contributed by atoms with Crippen LogP contribution in [0.4, 0.5) is 0 Å². The van der Waals surface area contributed by atoms with Crippen molar-refractivity contribution in [1.29, 1.82) is 0 Å². The number of aromatic nitrogens is 2. The molecule has 0 radical (unpaired) electrons. The summed E-state index contributed by atoms with van der Waals surface area (Å²) in [5.74, 6) is 0.895. The van der Waals surface area contributed by atoms with Gasteiger partial charge in [-0.25, -0.2) is 4.98 Å². The van der Waals surface area contributed by atoms with Gasteiger partial charge in [0.15, 0.2) is 0 Å². The van der Waals surface area contributed by atoms with E-state index < -0.39 is 0 Å². The minimum absolute atomic E-state index is 0.895. The second-order valence-electron chi connectivity index (χ2n) is 3.54. The average molecular weight is 182 g/mol. The Hall–Kier alpha value is -0.440. The predicted molar refractivity (Wildman–Crippen MR) is 50.2 cm³/mol. The van der Waals surface area contributed by atoms with E-state index in [2.05, 4.69) is 9.36 Å². The van der Waals surface area contributed by atoms with Crippen molar-refractivity contribution in [3.63, 3.8) is 0 Å². The van der Waals surface area contributed by atoms with Crippen LogP contribution in [0.1, 0.15) is 37.1 Å². The van der Waals surface area contributed by atoms with Gasteiger partial charge in [-0.15, -0.1) is 0 Å². The fourth-order valence-corrected chi connectivity index (χ4v) is 2.54. The molecule has 2 nitrogen and oxygen atoms in total. The van der Waals surface area contributed by atoms with E-state index in [4.69, 9.17) is 0 Å². The highest BCUT2D eigenvalue weighted by molar-refractivity contribution is 7.05. The minimum Gasteiger partial charge on any atom is -0.228 e. The highest BCUT2D eigenvalue weighted by atomic mass is 32.1. The van der Waals surface area contributed by atoms with Gasteiger partial charge in [0, 0.05) is 6.42 Å². The minimum atomic E-state index is 0.895. The van der Waals surface area contributed by atoms with Crippen molar-refractivity contribution in [2.45, 2.75) is 38.5 Å². The lowest BCUT2D eigenvalue weighted by Crippen LogP contribution is -2.08. The van der Waals surface area contributed by atoms with Crippen LogP contribution in [0.3, 0.4) is 0 Å². The zero-order chi connectivity index (χ0) is 8.23. The molecule has 1 fully saturated rings. The van der Waals surface area contributed by atoms with Gasteiger partial charge >= 0.3 is 0 Å². The van der Waals surface area contributed by atoms with Gasteiger partial charge < -0.3 is 0 Å². The molecule has 0 bridgehead atoms. The largest absolute Gasteiger partial charge is 0.228 e. The maximum Gasteiger partial charge on any atom is 0.129 e. The van der Waals surface area contributed by atoms with Crippen molar-refractivity contribution in [2.24, 2.45) is 5.92 Å². The standard InChI is InChI=1S/C9H14N2S/c1-2-4-8(5-3-1)6-9-10-7-11-12-9/h7-8H,1-6H2. The summed E-state index contributed by atoms with van der Waals surface area (Å²) in [7, 11) is 0. The first kappa shape index (κ1) is 8.17. The molecule has 1 aliphatic rings. The molecule has 1 aromatic rings. The third kappa shape index (κ3) is 2.03. The van der Waals surface area contributed by atoms with Crippen LogP contribution in [-0.2, 0) is 6.42 Å². The smallest absolute Gasteiger partial charge is 0.129 e. The lowest BCUT2D eigenvalue weighted by molar-refractivity contribution is 0.356. The number of nitrogens with zero attached hydrogens (tertiary/aromatic N) is 2. The van der Waals surface area contributed by atoms with E-state index in [1.165, 1.54) is 43.5 Å². The Labute approximate surface area is 77.2 Å². The zero-order valence-corrected chi connectivity index (χ0v) is 8.02. The molecule has 12 heavy (non-hydrogen) atoms. The Morgan fingerprint density at radius 2 is 2.17 bits per heavy atom. The SMILES string of the molecule is c1nsc(CC2CCCCC2)n1. The Bertz CT molecular complexity index is 214. The Morgan fingerprint density at radius 3 is 2.83 bits per heavy atom. The first-order valence-corrected chi connectivity index (χ1v) is 5.48. The quantitative estimate of drug-likeness (QED) is 0.702. The normalized spacial score (nSPS) is 19.7. The molecule has 2 rings (SSSR count). The first-order valence-electron chi connectivity index (χ1n) is 4.71. The third-order valence-electron chi connectivity index (χ3n) is 2.59. The molecule has 66 valence electrons. The topological polar surface area (TPSA) is 25.8 Å². The molecule has 3 heteroatoms. The molecule has 1 aliphatic carbocycles. The number of rotatable bonds is 2. The first-order chi connectivity index (χ1) is 5.95. The maximum atomic E-state index is 4.22.